The molecule has 1 amide bonds. The number of carbonyl (C=O) groups is 2. The van der Waals surface area contributed by atoms with E-state index in [0.29, 0.717) is 11.4 Å². The molecule has 2 aromatic rings. The van der Waals surface area contributed by atoms with Crippen LogP contribution in [0.5, 0.6) is 5.75 Å². The third-order valence-electron chi connectivity index (χ3n) is 3.44. The van der Waals surface area contributed by atoms with E-state index in [-0.39, 0.29) is 6.61 Å². The SMILES string of the molecule is Cc1cccc(O[C@@H](C)C(=O)OCC(=O)Nc2ccc(Br)cc2C)c1. The van der Waals surface area contributed by atoms with Crippen LogP contribution in [0.2, 0.25) is 0 Å². The molecule has 0 fully saturated rings. The summed E-state index contributed by atoms with van der Waals surface area (Å²) in [7, 11) is 0. The summed E-state index contributed by atoms with van der Waals surface area (Å²) in [6, 6.07) is 12.9. The second-order valence-electron chi connectivity index (χ2n) is 5.69. The third-order valence-corrected chi connectivity index (χ3v) is 3.94. The Morgan fingerprint density at radius 1 is 1.16 bits per heavy atom. The van der Waals surface area contributed by atoms with E-state index in [0.717, 1.165) is 15.6 Å². The maximum Gasteiger partial charge on any atom is 0.347 e. The summed E-state index contributed by atoms with van der Waals surface area (Å²) < 4.78 is 11.5. The number of hydrogen-bond acceptors (Lipinski definition) is 4. The van der Waals surface area contributed by atoms with E-state index in [1.54, 1.807) is 19.1 Å². The minimum Gasteiger partial charge on any atom is -0.479 e. The number of benzene rings is 2. The lowest BCUT2D eigenvalue weighted by atomic mass is 10.2. The van der Waals surface area contributed by atoms with Crippen LogP contribution >= 0.6 is 15.9 Å². The van der Waals surface area contributed by atoms with Gasteiger partial charge in [-0.1, -0.05) is 28.1 Å². The Labute approximate surface area is 155 Å². The van der Waals surface area contributed by atoms with Crippen molar-refractivity contribution in [3.8, 4) is 5.75 Å². The van der Waals surface area contributed by atoms with Gasteiger partial charge < -0.3 is 14.8 Å². The first-order chi connectivity index (χ1) is 11.8. The van der Waals surface area contributed by atoms with Crippen LogP contribution in [0.4, 0.5) is 5.69 Å². The summed E-state index contributed by atoms with van der Waals surface area (Å²) in [6.45, 7) is 5.03. The van der Waals surface area contributed by atoms with Gasteiger partial charge in [-0.05, 0) is 62.2 Å². The maximum atomic E-state index is 12.0. The summed E-state index contributed by atoms with van der Waals surface area (Å²) in [6.07, 6.45) is -0.802. The minimum atomic E-state index is -0.802. The Balaban J connectivity index is 1.83. The van der Waals surface area contributed by atoms with Gasteiger partial charge in [-0.3, -0.25) is 4.79 Å². The second-order valence-corrected chi connectivity index (χ2v) is 6.61. The predicted octanol–water partition coefficient (Wildman–Crippen LogP) is 4.02. The Kier molecular flexibility index (Phi) is 6.58. The summed E-state index contributed by atoms with van der Waals surface area (Å²) in [4.78, 5) is 23.9. The highest BCUT2D eigenvalue weighted by molar-refractivity contribution is 9.10. The van der Waals surface area contributed by atoms with Crippen molar-refractivity contribution in [3.05, 3.63) is 58.1 Å². The van der Waals surface area contributed by atoms with E-state index in [2.05, 4.69) is 21.2 Å². The molecule has 0 aliphatic carbocycles. The topological polar surface area (TPSA) is 64.6 Å². The van der Waals surface area contributed by atoms with Crippen LogP contribution < -0.4 is 10.1 Å². The molecule has 132 valence electrons. The van der Waals surface area contributed by atoms with Crippen molar-refractivity contribution in [2.24, 2.45) is 0 Å². The normalized spacial score (nSPS) is 11.5. The number of ether oxygens (including phenoxy) is 2. The highest BCUT2D eigenvalue weighted by atomic mass is 79.9. The molecule has 0 saturated carbocycles. The van der Waals surface area contributed by atoms with Gasteiger partial charge in [0.15, 0.2) is 12.7 Å². The van der Waals surface area contributed by atoms with E-state index in [1.807, 2.05) is 44.2 Å². The highest BCUT2D eigenvalue weighted by Crippen LogP contribution is 2.20. The zero-order chi connectivity index (χ0) is 18.4. The fourth-order valence-electron chi connectivity index (χ4n) is 2.15. The van der Waals surface area contributed by atoms with Crippen molar-refractivity contribution in [1.29, 1.82) is 0 Å². The summed E-state index contributed by atoms with van der Waals surface area (Å²) >= 11 is 3.36. The fraction of sp³-hybridized carbons (Fsp3) is 0.263. The molecule has 0 aromatic heterocycles. The summed E-state index contributed by atoms with van der Waals surface area (Å²) in [5.74, 6) is -0.412. The van der Waals surface area contributed by atoms with E-state index < -0.39 is 18.0 Å². The van der Waals surface area contributed by atoms with Crippen LogP contribution in [-0.4, -0.2) is 24.6 Å². The number of esters is 1. The van der Waals surface area contributed by atoms with E-state index in [9.17, 15) is 9.59 Å². The fourth-order valence-corrected chi connectivity index (χ4v) is 2.62. The van der Waals surface area contributed by atoms with Crippen molar-refractivity contribution in [2.45, 2.75) is 26.9 Å². The lowest BCUT2D eigenvalue weighted by molar-refractivity contribution is -0.153. The van der Waals surface area contributed by atoms with Crippen LogP contribution in [0.25, 0.3) is 0 Å². The van der Waals surface area contributed by atoms with Crippen LogP contribution in [0.1, 0.15) is 18.1 Å². The lowest BCUT2D eigenvalue weighted by Crippen LogP contribution is -2.29. The van der Waals surface area contributed by atoms with Crippen molar-refractivity contribution < 1.29 is 19.1 Å². The van der Waals surface area contributed by atoms with Crippen LogP contribution in [-0.2, 0) is 14.3 Å². The molecule has 25 heavy (non-hydrogen) atoms. The van der Waals surface area contributed by atoms with Gasteiger partial charge in [0.1, 0.15) is 5.75 Å². The number of aryl methyl sites for hydroxylation is 2. The molecule has 0 aliphatic heterocycles. The molecular formula is C19H20BrNO4. The highest BCUT2D eigenvalue weighted by Gasteiger charge is 2.18. The van der Waals surface area contributed by atoms with Gasteiger partial charge in [0.2, 0.25) is 0 Å². The van der Waals surface area contributed by atoms with Gasteiger partial charge in [-0.2, -0.15) is 0 Å². The Hall–Kier alpha value is -2.34. The maximum absolute atomic E-state index is 12.0. The standard InChI is InChI=1S/C19H20BrNO4/c1-12-5-4-6-16(9-12)25-14(3)19(23)24-11-18(22)21-17-8-7-15(20)10-13(17)2/h4-10,14H,11H2,1-3H3,(H,21,22)/t14-/m0/s1. The number of anilines is 1. The summed E-state index contributed by atoms with van der Waals surface area (Å²) in [5, 5.41) is 2.71. The van der Waals surface area contributed by atoms with Crippen molar-refractivity contribution in [2.75, 3.05) is 11.9 Å². The number of carbonyl (C=O) groups excluding carboxylic acids is 2. The molecule has 0 spiro atoms. The largest absolute Gasteiger partial charge is 0.479 e. The molecule has 0 saturated heterocycles. The van der Waals surface area contributed by atoms with Crippen LogP contribution in [0.15, 0.2) is 46.9 Å². The summed E-state index contributed by atoms with van der Waals surface area (Å²) in [5.41, 5.74) is 2.61. The van der Waals surface area contributed by atoms with Crippen molar-refractivity contribution in [3.63, 3.8) is 0 Å². The molecule has 5 nitrogen and oxygen atoms in total. The molecule has 0 aliphatic rings. The number of amides is 1. The van der Waals surface area contributed by atoms with Gasteiger partial charge in [0.25, 0.3) is 5.91 Å². The van der Waals surface area contributed by atoms with Crippen LogP contribution in [0, 0.1) is 13.8 Å². The Morgan fingerprint density at radius 3 is 2.60 bits per heavy atom. The molecule has 0 radical (unpaired) electrons. The number of rotatable bonds is 6. The zero-order valence-corrected chi connectivity index (χ0v) is 15.9. The number of nitrogens with one attached hydrogen (secondary N) is 1. The zero-order valence-electron chi connectivity index (χ0n) is 14.3. The number of hydrogen-bond donors (Lipinski definition) is 1. The average Bonchev–Trinajstić information content (AvgIpc) is 2.55. The molecule has 1 atom stereocenters. The Bertz CT molecular complexity index is 776. The average molecular weight is 406 g/mol. The molecule has 0 unspecified atom stereocenters. The minimum absolute atomic E-state index is 0.365. The molecule has 1 N–H and O–H groups in total. The molecule has 2 aromatic carbocycles. The van der Waals surface area contributed by atoms with Gasteiger partial charge >= 0.3 is 5.97 Å². The predicted molar refractivity (Wildman–Crippen MR) is 99.7 cm³/mol. The lowest BCUT2D eigenvalue weighted by Gasteiger charge is -2.14. The van der Waals surface area contributed by atoms with Gasteiger partial charge in [0, 0.05) is 10.2 Å². The third kappa shape index (κ3) is 5.90. The number of halogens is 1. The smallest absolute Gasteiger partial charge is 0.347 e. The molecule has 2 rings (SSSR count). The van der Waals surface area contributed by atoms with Crippen LogP contribution in [0.3, 0.4) is 0 Å². The van der Waals surface area contributed by atoms with Gasteiger partial charge in [0.05, 0.1) is 0 Å². The second kappa shape index (κ2) is 8.67. The Morgan fingerprint density at radius 2 is 1.92 bits per heavy atom. The van der Waals surface area contributed by atoms with E-state index >= 15 is 0 Å². The first-order valence-electron chi connectivity index (χ1n) is 7.81. The first kappa shape index (κ1) is 19.0. The monoisotopic (exact) mass is 405 g/mol. The van der Waals surface area contributed by atoms with Crippen molar-refractivity contribution in [1.82, 2.24) is 0 Å². The quantitative estimate of drug-likeness (QED) is 0.737. The van der Waals surface area contributed by atoms with Gasteiger partial charge in [-0.15, -0.1) is 0 Å². The van der Waals surface area contributed by atoms with E-state index in [4.69, 9.17) is 9.47 Å². The molecule has 0 bridgehead atoms. The molecule has 0 heterocycles. The first-order valence-corrected chi connectivity index (χ1v) is 8.60. The van der Waals surface area contributed by atoms with Gasteiger partial charge in [-0.25, -0.2) is 4.79 Å². The van der Waals surface area contributed by atoms with Crippen molar-refractivity contribution >= 4 is 33.5 Å². The van der Waals surface area contributed by atoms with E-state index in [1.165, 1.54) is 0 Å². The molecule has 6 heteroatoms. The molecular weight excluding hydrogens is 386 g/mol.